The van der Waals surface area contributed by atoms with Gasteiger partial charge in [-0.25, -0.2) is 4.79 Å². The van der Waals surface area contributed by atoms with Crippen LogP contribution >= 0.6 is 0 Å². The minimum Gasteiger partial charge on any atom is -0.471 e. The van der Waals surface area contributed by atoms with Crippen LogP contribution in [-0.2, 0) is 14.3 Å². The Balaban J connectivity index is 2.66. The summed E-state index contributed by atoms with van der Waals surface area (Å²) in [5.74, 6) is -0.251. The number of ether oxygens (including phenoxy) is 2. The topological polar surface area (TPSA) is 52.6 Å². The lowest BCUT2D eigenvalue weighted by Gasteiger charge is -2.10. The van der Waals surface area contributed by atoms with Gasteiger partial charge < -0.3 is 9.47 Å². The highest BCUT2D eigenvalue weighted by molar-refractivity contribution is 5.91. The van der Waals surface area contributed by atoms with Gasteiger partial charge in [0.05, 0.1) is 7.11 Å². The molecule has 0 N–H and O–H groups in total. The van der Waals surface area contributed by atoms with Crippen molar-refractivity contribution in [3.63, 3.8) is 0 Å². The Morgan fingerprint density at radius 2 is 2.00 bits per heavy atom. The van der Waals surface area contributed by atoms with E-state index >= 15 is 0 Å². The highest BCUT2D eigenvalue weighted by Crippen LogP contribution is 2.10. The van der Waals surface area contributed by atoms with Crippen LogP contribution in [0.5, 0.6) is 5.75 Å². The zero-order chi connectivity index (χ0) is 10.4. The number of hydrogen-bond donors (Lipinski definition) is 0. The molecule has 1 unspecified atom stereocenters. The molecule has 0 heterocycles. The molecular weight excluding hydrogens is 184 g/mol. The van der Waals surface area contributed by atoms with Gasteiger partial charge in [0.2, 0.25) is 6.10 Å². The van der Waals surface area contributed by atoms with Crippen LogP contribution in [0.1, 0.15) is 0 Å². The van der Waals surface area contributed by atoms with E-state index in [2.05, 4.69) is 4.74 Å². The maximum absolute atomic E-state index is 11.0. The van der Waals surface area contributed by atoms with Crippen molar-refractivity contribution in [1.29, 1.82) is 0 Å². The Morgan fingerprint density at radius 3 is 2.50 bits per heavy atom. The van der Waals surface area contributed by atoms with Crippen LogP contribution in [-0.4, -0.2) is 25.5 Å². The quantitative estimate of drug-likeness (QED) is 0.404. The van der Waals surface area contributed by atoms with Crippen LogP contribution in [0.4, 0.5) is 0 Å². The number of hydrogen-bond acceptors (Lipinski definition) is 4. The van der Waals surface area contributed by atoms with Crippen molar-refractivity contribution in [2.24, 2.45) is 0 Å². The molecule has 0 saturated heterocycles. The Bertz CT molecular complexity index is 307. The first kappa shape index (κ1) is 10.2. The summed E-state index contributed by atoms with van der Waals surface area (Å²) in [5.41, 5.74) is 0. The van der Waals surface area contributed by atoms with Gasteiger partial charge in [0, 0.05) is 0 Å². The lowest BCUT2D eigenvalue weighted by atomic mass is 10.3. The van der Waals surface area contributed by atoms with E-state index in [1.54, 1.807) is 30.3 Å². The third-order valence-corrected chi connectivity index (χ3v) is 1.56. The SMILES string of the molecule is COC(=O)C(C=O)Oc1ccccc1. The molecule has 4 heteroatoms. The summed E-state index contributed by atoms with van der Waals surface area (Å²) in [7, 11) is 1.20. The van der Waals surface area contributed by atoms with Crippen LogP contribution in [0.25, 0.3) is 0 Å². The standard InChI is InChI=1S/C10H10O4/c1-13-10(12)9(7-11)14-8-5-3-2-4-6-8/h2-7,9H,1H3. The summed E-state index contributed by atoms with van der Waals surface area (Å²) in [6.45, 7) is 0. The Hall–Kier alpha value is -1.84. The highest BCUT2D eigenvalue weighted by atomic mass is 16.6. The first-order valence-electron chi connectivity index (χ1n) is 4.02. The van der Waals surface area contributed by atoms with Crippen molar-refractivity contribution < 1.29 is 19.1 Å². The second kappa shape index (κ2) is 5.01. The van der Waals surface area contributed by atoms with Crippen molar-refractivity contribution >= 4 is 12.3 Å². The molecule has 0 saturated carbocycles. The van der Waals surface area contributed by atoms with Crippen LogP contribution in [0.2, 0.25) is 0 Å². The van der Waals surface area contributed by atoms with Crippen molar-refractivity contribution in [3.05, 3.63) is 30.3 Å². The third-order valence-electron chi connectivity index (χ3n) is 1.56. The molecule has 0 spiro atoms. The molecule has 1 aromatic rings. The summed E-state index contributed by atoms with van der Waals surface area (Å²) in [4.78, 5) is 21.5. The molecule has 0 bridgehead atoms. The van der Waals surface area contributed by atoms with Gasteiger partial charge >= 0.3 is 5.97 Å². The molecule has 1 atom stereocenters. The van der Waals surface area contributed by atoms with E-state index in [0.29, 0.717) is 12.0 Å². The average Bonchev–Trinajstić information content (AvgIpc) is 2.26. The van der Waals surface area contributed by atoms with Crippen molar-refractivity contribution in [1.82, 2.24) is 0 Å². The molecule has 0 fully saturated rings. The smallest absolute Gasteiger partial charge is 0.354 e. The number of esters is 1. The number of para-hydroxylation sites is 1. The van der Waals surface area contributed by atoms with Crippen LogP contribution in [0.3, 0.4) is 0 Å². The summed E-state index contributed by atoms with van der Waals surface area (Å²) in [6, 6.07) is 8.60. The molecular formula is C10H10O4. The molecule has 0 aliphatic heterocycles. The summed E-state index contributed by atoms with van der Waals surface area (Å²) in [6.07, 6.45) is -0.791. The molecule has 0 aliphatic carbocycles. The lowest BCUT2D eigenvalue weighted by Crippen LogP contribution is -2.29. The molecule has 0 aliphatic rings. The number of carbonyl (C=O) groups excluding carboxylic acids is 2. The Labute approximate surface area is 81.4 Å². The van der Waals surface area contributed by atoms with Gasteiger partial charge in [0.25, 0.3) is 0 Å². The normalized spacial score (nSPS) is 11.5. The number of rotatable bonds is 4. The molecule has 0 amide bonds. The molecule has 0 aromatic heterocycles. The van der Waals surface area contributed by atoms with Gasteiger partial charge in [-0.2, -0.15) is 0 Å². The predicted octanol–water partition coefficient (Wildman–Crippen LogP) is 0.806. The number of aldehydes is 1. The van der Waals surface area contributed by atoms with Gasteiger partial charge in [-0.1, -0.05) is 18.2 Å². The van der Waals surface area contributed by atoms with E-state index < -0.39 is 12.1 Å². The summed E-state index contributed by atoms with van der Waals surface area (Å²) in [5, 5.41) is 0. The lowest BCUT2D eigenvalue weighted by molar-refractivity contribution is -0.150. The van der Waals surface area contributed by atoms with Crippen molar-refractivity contribution in [2.45, 2.75) is 6.10 Å². The molecule has 1 rings (SSSR count). The molecule has 1 aromatic carbocycles. The van der Waals surface area contributed by atoms with Crippen molar-refractivity contribution in [3.8, 4) is 5.75 Å². The third kappa shape index (κ3) is 2.58. The van der Waals surface area contributed by atoms with Crippen LogP contribution < -0.4 is 4.74 Å². The molecule has 0 radical (unpaired) electrons. The van der Waals surface area contributed by atoms with Crippen LogP contribution in [0, 0.1) is 0 Å². The first-order valence-corrected chi connectivity index (χ1v) is 4.02. The van der Waals surface area contributed by atoms with E-state index in [1.165, 1.54) is 7.11 Å². The van der Waals surface area contributed by atoms with Gasteiger partial charge in [0.1, 0.15) is 5.75 Å². The Morgan fingerprint density at radius 1 is 1.36 bits per heavy atom. The van der Waals surface area contributed by atoms with E-state index in [1.807, 2.05) is 0 Å². The van der Waals surface area contributed by atoms with E-state index in [4.69, 9.17) is 4.74 Å². The molecule has 4 nitrogen and oxygen atoms in total. The fourth-order valence-electron chi connectivity index (χ4n) is 0.893. The first-order chi connectivity index (χ1) is 6.77. The molecule has 14 heavy (non-hydrogen) atoms. The highest BCUT2D eigenvalue weighted by Gasteiger charge is 2.19. The second-order valence-corrected chi connectivity index (χ2v) is 2.51. The van der Waals surface area contributed by atoms with Gasteiger partial charge in [0.15, 0.2) is 6.29 Å². The van der Waals surface area contributed by atoms with Gasteiger partial charge in [-0.15, -0.1) is 0 Å². The Kier molecular flexibility index (Phi) is 3.67. The van der Waals surface area contributed by atoms with Crippen LogP contribution in [0.15, 0.2) is 30.3 Å². The fourth-order valence-corrected chi connectivity index (χ4v) is 0.893. The van der Waals surface area contributed by atoms with Crippen molar-refractivity contribution in [2.75, 3.05) is 7.11 Å². The second-order valence-electron chi connectivity index (χ2n) is 2.51. The minimum atomic E-state index is -1.19. The number of benzene rings is 1. The zero-order valence-electron chi connectivity index (χ0n) is 7.67. The zero-order valence-corrected chi connectivity index (χ0v) is 7.67. The minimum absolute atomic E-state index is 0.402. The van der Waals surface area contributed by atoms with Gasteiger partial charge in [-0.3, -0.25) is 4.79 Å². The fraction of sp³-hybridized carbons (Fsp3) is 0.200. The van der Waals surface area contributed by atoms with Gasteiger partial charge in [-0.05, 0) is 12.1 Å². The molecule has 74 valence electrons. The maximum Gasteiger partial charge on any atom is 0.354 e. The van der Waals surface area contributed by atoms with E-state index in [0.717, 1.165) is 0 Å². The van der Waals surface area contributed by atoms with E-state index in [9.17, 15) is 9.59 Å². The maximum atomic E-state index is 11.0. The predicted molar refractivity (Wildman–Crippen MR) is 48.9 cm³/mol. The number of methoxy groups -OCH3 is 1. The largest absolute Gasteiger partial charge is 0.471 e. The summed E-state index contributed by atoms with van der Waals surface area (Å²) < 4.78 is 9.45. The average molecular weight is 194 g/mol. The number of carbonyl (C=O) groups is 2. The summed E-state index contributed by atoms with van der Waals surface area (Å²) >= 11 is 0. The van der Waals surface area contributed by atoms with E-state index in [-0.39, 0.29) is 0 Å². The monoisotopic (exact) mass is 194 g/mol.